The number of rotatable bonds is 4. The molecule has 1 unspecified atom stereocenters. The van der Waals surface area contributed by atoms with Crippen LogP contribution in [0.25, 0.3) is 0 Å². The van der Waals surface area contributed by atoms with Gasteiger partial charge >= 0.3 is 5.97 Å². The van der Waals surface area contributed by atoms with E-state index in [0.717, 1.165) is 6.26 Å². The second kappa shape index (κ2) is 7.04. The van der Waals surface area contributed by atoms with Crippen LogP contribution >= 0.6 is 0 Å². The first-order valence-electron chi connectivity index (χ1n) is 8.44. The Kier molecular flexibility index (Phi) is 5.28. The molecule has 148 valence electrons. The molecule has 0 amide bonds. The number of aliphatic hydroxyl groups excluding tert-OH is 4. The van der Waals surface area contributed by atoms with Crippen LogP contribution in [-0.2, 0) is 19.0 Å². The van der Waals surface area contributed by atoms with Gasteiger partial charge < -0.3 is 44.8 Å². The Labute approximate surface area is 149 Å². The van der Waals surface area contributed by atoms with Crippen LogP contribution in [0.1, 0.15) is 19.8 Å². The van der Waals surface area contributed by atoms with Crippen molar-refractivity contribution in [1.29, 1.82) is 0 Å². The minimum absolute atomic E-state index is 0.0291. The largest absolute Gasteiger partial charge is 0.478 e. The normalized spacial score (nSPS) is 48.5. The SMILES string of the molecule is C[C@]1(O)CC[C@@H]2C(C(=O)O)=CO[C@@H](O[C@@H]3O[C@H](CO)[C@@H](O)[C@H](O)[C@H]3O)C21. The van der Waals surface area contributed by atoms with Gasteiger partial charge in [-0.15, -0.1) is 0 Å². The third-order valence-electron chi connectivity index (χ3n) is 5.50. The lowest BCUT2D eigenvalue weighted by atomic mass is 9.81. The molecule has 3 rings (SSSR count). The average Bonchev–Trinajstić information content (AvgIpc) is 2.91. The molecule has 10 heteroatoms. The molecule has 6 N–H and O–H groups in total. The molecule has 9 atom stereocenters. The van der Waals surface area contributed by atoms with Crippen molar-refractivity contribution in [3.8, 4) is 0 Å². The van der Waals surface area contributed by atoms with E-state index < -0.39 is 67.0 Å². The van der Waals surface area contributed by atoms with Crippen LogP contribution in [0.4, 0.5) is 0 Å². The zero-order valence-electron chi connectivity index (χ0n) is 14.1. The van der Waals surface area contributed by atoms with Crippen molar-refractivity contribution >= 4 is 5.97 Å². The van der Waals surface area contributed by atoms with Crippen LogP contribution in [0.5, 0.6) is 0 Å². The minimum Gasteiger partial charge on any atom is -0.478 e. The van der Waals surface area contributed by atoms with E-state index in [1.54, 1.807) is 6.92 Å². The number of hydrogen-bond acceptors (Lipinski definition) is 9. The van der Waals surface area contributed by atoms with Crippen molar-refractivity contribution in [1.82, 2.24) is 0 Å². The van der Waals surface area contributed by atoms with Crippen LogP contribution in [0.15, 0.2) is 11.8 Å². The van der Waals surface area contributed by atoms with E-state index in [-0.39, 0.29) is 5.57 Å². The molecule has 2 aliphatic heterocycles. The van der Waals surface area contributed by atoms with Crippen molar-refractivity contribution in [3.63, 3.8) is 0 Å². The molecule has 26 heavy (non-hydrogen) atoms. The monoisotopic (exact) mass is 376 g/mol. The fourth-order valence-electron chi connectivity index (χ4n) is 4.01. The number of carboxylic acids is 1. The van der Waals surface area contributed by atoms with Gasteiger partial charge in [-0.3, -0.25) is 0 Å². The van der Waals surface area contributed by atoms with E-state index >= 15 is 0 Å². The van der Waals surface area contributed by atoms with Gasteiger partial charge in [0.1, 0.15) is 24.4 Å². The fourth-order valence-corrected chi connectivity index (χ4v) is 4.01. The predicted molar refractivity (Wildman–Crippen MR) is 82.3 cm³/mol. The molecule has 0 spiro atoms. The molecule has 0 aromatic carbocycles. The van der Waals surface area contributed by atoms with Crippen LogP contribution in [0.2, 0.25) is 0 Å². The number of carboxylic acid groups (broad SMARTS) is 1. The number of aliphatic hydroxyl groups is 5. The van der Waals surface area contributed by atoms with Crippen LogP contribution < -0.4 is 0 Å². The second-order valence-electron chi connectivity index (χ2n) is 7.24. The lowest BCUT2D eigenvalue weighted by molar-refractivity contribution is -0.346. The Balaban J connectivity index is 1.81. The Morgan fingerprint density at radius 2 is 1.96 bits per heavy atom. The lowest BCUT2D eigenvalue weighted by Crippen LogP contribution is -2.60. The molecule has 10 nitrogen and oxygen atoms in total. The first-order chi connectivity index (χ1) is 12.2. The number of aliphatic carboxylic acids is 1. The zero-order chi connectivity index (χ0) is 19.2. The van der Waals surface area contributed by atoms with E-state index in [1.807, 2.05) is 0 Å². The van der Waals surface area contributed by atoms with Gasteiger partial charge in [0.25, 0.3) is 0 Å². The maximum atomic E-state index is 11.4. The molecule has 1 saturated carbocycles. The quantitative estimate of drug-likeness (QED) is 0.320. The van der Waals surface area contributed by atoms with Gasteiger partial charge in [-0.1, -0.05) is 0 Å². The van der Waals surface area contributed by atoms with Gasteiger partial charge in [-0.2, -0.15) is 0 Å². The summed E-state index contributed by atoms with van der Waals surface area (Å²) in [5.74, 6) is -2.39. The molecule has 1 saturated heterocycles. The molecule has 2 heterocycles. The maximum absolute atomic E-state index is 11.4. The predicted octanol–water partition coefficient (Wildman–Crippen LogP) is -2.10. The van der Waals surface area contributed by atoms with E-state index in [9.17, 15) is 35.4 Å². The summed E-state index contributed by atoms with van der Waals surface area (Å²) in [6.45, 7) is 0.943. The highest BCUT2D eigenvalue weighted by atomic mass is 16.8. The Bertz CT molecular complexity index is 573. The van der Waals surface area contributed by atoms with Gasteiger partial charge in [0.2, 0.25) is 6.29 Å². The summed E-state index contributed by atoms with van der Waals surface area (Å²) in [6, 6.07) is 0. The van der Waals surface area contributed by atoms with Crippen molar-refractivity contribution in [3.05, 3.63) is 11.8 Å². The molecule has 1 aliphatic carbocycles. The molecule has 3 aliphatic rings. The highest BCUT2D eigenvalue weighted by molar-refractivity contribution is 5.87. The first-order valence-corrected chi connectivity index (χ1v) is 8.44. The summed E-state index contributed by atoms with van der Waals surface area (Å²) < 4.78 is 16.3. The molecule has 0 aromatic heterocycles. The minimum atomic E-state index is -1.62. The lowest BCUT2D eigenvalue weighted by Gasteiger charge is -2.44. The number of ether oxygens (including phenoxy) is 3. The molecular weight excluding hydrogens is 352 g/mol. The topological polar surface area (TPSA) is 166 Å². The van der Waals surface area contributed by atoms with Crippen LogP contribution in [-0.4, -0.2) is 85.8 Å². The Morgan fingerprint density at radius 1 is 1.27 bits per heavy atom. The summed E-state index contributed by atoms with van der Waals surface area (Å²) in [5, 5.41) is 58.9. The molecule has 0 aromatic rings. The van der Waals surface area contributed by atoms with Gasteiger partial charge in [-0.05, 0) is 19.8 Å². The molecule has 0 radical (unpaired) electrons. The number of hydrogen-bond donors (Lipinski definition) is 6. The van der Waals surface area contributed by atoms with E-state index in [4.69, 9.17) is 14.2 Å². The number of carbonyl (C=O) groups is 1. The Hall–Kier alpha value is -1.27. The van der Waals surface area contributed by atoms with Gasteiger partial charge in [-0.25, -0.2) is 4.79 Å². The van der Waals surface area contributed by atoms with Gasteiger partial charge in [0.15, 0.2) is 6.29 Å². The summed E-state index contributed by atoms with van der Waals surface area (Å²) in [7, 11) is 0. The molecule has 2 fully saturated rings. The second-order valence-corrected chi connectivity index (χ2v) is 7.24. The zero-order valence-corrected chi connectivity index (χ0v) is 14.1. The van der Waals surface area contributed by atoms with Crippen molar-refractivity contribution < 1.29 is 49.6 Å². The Morgan fingerprint density at radius 3 is 2.58 bits per heavy atom. The van der Waals surface area contributed by atoms with Crippen molar-refractivity contribution in [2.24, 2.45) is 11.8 Å². The molecule has 0 bridgehead atoms. The van der Waals surface area contributed by atoms with E-state index in [2.05, 4.69) is 0 Å². The fraction of sp³-hybridized carbons (Fsp3) is 0.812. The highest BCUT2D eigenvalue weighted by Crippen LogP contribution is 2.49. The van der Waals surface area contributed by atoms with Crippen LogP contribution in [0, 0.1) is 11.8 Å². The van der Waals surface area contributed by atoms with Crippen molar-refractivity contribution in [2.75, 3.05) is 6.61 Å². The van der Waals surface area contributed by atoms with Crippen LogP contribution in [0.3, 0.4) is 0 Å². The first kappa shape index (κ1) is 19.5. The molecular formula is C16H24O10. The smallest absolute Gasteiger partial charge is 0.334 e. The van der Waals surface area contributed by atoms with Gasteiger partial charge in [0, 0.05) is 5.92 Å². The average molecular weight is 376 g/mol. The summed E-state index contributed by atoms with van der Waals surface area (Å²) in [4.78, 5) is 11.4. The maximum Gasteiger partial charge on any atom is 0.334 e. The van der Waals surface area contributed by atoms with E-state index in [1.165, 1.54) is 0 Å². The van der Waals surface area contributed by atoms with Gasteiger partial charge in [0.05, 0.1) is 30.0 Å². The summed E-state index contributed by atoms with van der Waals surface area (Å²) in [6.07, 6.45) is -6.66. The third kappa shape index (κ3) is 3.22. The van der Waals surface area contributed by atoms with E-state index in [0.29, 0.717) is 12.8 Å². The summed E-state index contributed by atoms with van der Waals surface area (Å²) >= 11 is 0. The van der Waals surface area contributed by atoms with Crippen molar-refractivity contribution in [2.45, 2.75) is 62.4 Å². The highest BCUT2D eigenvalue weighted by Gasteiger charge is 2.55. The number of fused-ring (bicyclic) bond motifs is 1. The standard InChI is InChI=1S/C16H24O10/c1-16(23)3-2-6-7(13(21)22)5-24-14(9(6)16)26-15-12(20)11(19)10(18)8(4-17)25-15/h5-6,8-12,14-15,17-20,23H,2-4H2,1H3,(H,21,22)/t6-,8-,9?,10-,11+,12-,14+,15+,16+/m1/s1. The summed E-state index contributed by atoms with van der Waals surface area (Å²) in [5.41, 5.74) is -1.24. The third-order valence-corrected chi connectivity index (χ3v) is 5.50.